The molecule has 0 atom stereocenters. The number of carbonyl (C=O) groups excluding carboxylic acids is 1. The van der Waals surface area contributed by atoms with Crippen LogP contribution in [0.25, 0.3) is 0 Å². The van der Waals surface area contributed by atoms with Crippen LogP contribution in [0.15, 0.2) is 6.33 Å². The summed E-state index contributed by atoms with van der Waals surface area (Å²) in [5.74, 6) is 0.493. The highest BCUT2D eigenvalue weighted by atomic mass is 35.5. The minimum atomic E-state index is -0.443. The third-order valence-electron chi connectivity index (χ3n) is 3.10. The molecule has 2 rings (SSSR count). The Labute approximate surface area is 116 Å². The molecule has 19 heavy (non-hydrogen) atoms. The number of nitrogens with zero attached hydrogens (tertiary/aromatic N) is 4. The number of aliphatic hydroxyl groups excluding tert-OH is 1. The highest BCUT2D eigenvalue weighted by molar-refractivity contribution is 6.32. The van der Waals surface area contributed by atoms with E-state index in [1.807, 2.05) is 4.90 Å². The van der Waals surface area contributed by atoms with Crippen LogP contribution >= 0.6 is 11.6 Å². The number of hydrogen-bond donors (Lipinski definition) is 2. The Morgan fingerprint density at radius 3 is 2.68 bits per heavy atom. The first-order valence-corrected chi connectivity index (χ1v) is 6.37. The molecule has 1 aromatic heterocycles. The van der Waals surface area contributed by atoms with Crippen LogP contribution in [0.1, 0.15) is 0 Å². The zero-order valence-corrected chi connectivity index (χ0v) is 11.4. The number of anilines is 2. The number of aliphatic hydroxyl groups is 1. The van der Waals surface area contributed by atoms with Crippen molar-refractivity contribution in [2.45, 2.75) is 0 Å². The molecule has 1 aliphatic heterocycles. The summed E-state index contributed by atoms with van der Waals surface area (Å²) in [6.45, 7) is 1.97. The van der Waals surface area contributed by atoms with Gasteiger partial charge in [0.2, 0.25) is 5.91 Å². The molecule has 1 saturated heterocycles. The maximum Gasteiger partial charge on any atom is 0.248 e. The van der Waals surface area contributed by atoms with Crippen LogP contribution in [0.3, 0.4) is 0 Å². The van der Waals surface area contributed by atoms with E-state index in [9.17, 15) is 4.79 Å². The lowest BCUT2D eigenvalue weighted by Crippen LogP contribution is -2.50. The van der Waals surface area contributed by atoms with Gasteiger partial charge in [-0.15, -0.1) is 0 Å². The van der Waals surface area contributed by atoms with E-state index < -0.39 is 6.61 Å². The quantitative estimate of drug-likeness (QED) is 0.750. The number of carbonyl (C=O) groups is 1. The van der Waals surface area contributed by atoms with Gasteiger partial charge in [0.1, 0.15) is 18.6 Å². The molecule has 1 amide bonds. The fourth-order valence-electron chi connectivity index (χ4n) is 2.08. The summed E-state index contributed by atoms with van der Waals surface area (Å²) < 4.78 is 0. The molecule has 8 heteroatoms. The minimum Gasteiger partial charge on any atom is -0.387 e. The second kappa shape index (κ2) is 6.03. The SMILES string of the molecule is CNc1c(Cl)ncnc1N1CCN(C(=O)CO)CC1. The third kappa shape index (κ3) is 2.87. The first kappa shape index (κ1) is 13.8. The van der Waals surface area contributed by atoms with E-state index in [0.29, 0.717) is 37.0 Å². The molecule has 1 fully saturated rings. The van der Waals surface area contributed by atoms with Crippen molar-refractivity contribution in [2.24, 2.45) is 0 Å². The van der Waals surface area contributed by atoms with Gasteiger partial charge in [-0.3, -0.25) is 4.79 Å². The molecule has 2 heterocycles. The van der Waals surface area contributed by atoms with Gasteiger partial charge in [-0.25, -0.2) is 9.97 Å². The molecular formula is C11H16ClN5O2. The zero-order valence-electron chi connectivity index (χ0n) is 10.6. The van der Waals surface area contributed by atoms with Crippen LogP contribution < -0.4 is 10.2 Å². The topological polar surface area (TPSA) is 81.6 Å². The summed E-state index contributed by atoms with van der Waals surface area (Å²) in [5, 5.41) is 12.2. The second-order valence-corrected chi connectivity index (χ2v) is 4.50. The molecule has 0 bridgehead atoms. The lowest BCUT2D eigenvalue weighted by atomic mass is 10.3. The van der Waals surface area contributed by atoms with Crippen molar-refractivity contribution in [3.8, 4) is 0 Å². The molecule has 104 valence electrons. The Kier molecular flexibility index (Phi) is 4.39. The van der Waals surface area contributed by atoms with E-state index in [4.69, 9.17) is 16.7 Å². The van der Waals surface area contributed by atoms with Crippen molar-refractivity contribution in [1.82, 2.24) is 14.9 Å². The Morgan fingerprint density at radius 1 is 1.42 bits per heavy atom. The van der Waals surface area contributed by atoms with Crippen LogP contribution in [0.2, 0.25) is 5.15 Å². The van der Waals surface area contributed by atoms with Crippen LogP contribution in [0.5, 0.6) is 0 Å². The van der Waals surface area contributed by atoms with Gasteiger partial charge in [0, 0.05) is 33.2 Å². The van der Waals surface area contributed by atoms with Crippen LogP contribution in [0.4, 0.5) is 11.5 Å². The molecular weight excluding hydrogens is 270 g/mol. The lowest BCUT2D eigenvalue weighted by Gasteiger charge is -2.35. The number of aromatic nitrogens is 2. The molecule has 0 spiro atoms. The molecule has 2 N–H and O–H groups in total. The summed E-state index contributed by atoms with van der Waals surface area (Å²) in [4.78, 5) is 23.2. The average molecular weight is 286 g/mol. The van der Waals surface area contributed by atoms with Crippen molar-refractivity contribution in [3.05, 3.63) is 11.5 Å². The highest BCUT2D eigenvalue weighted by Gasteiger charge is 2.23. The number of amides is 1. The molecule has 1 aliphatic rings. The van der Waals surface area contributed by atoms with Crippen molar-refractivity contribution in [3.63, 3.8) is 0 Å². The van der Waals surface area contributed by atoms with Crippen LogP contribution in [-0.4, -0.2) is 65.7 Å². The lowest BCUT2D eigenvalue weighted by molar-refractivity contribution is -0.134. The minimum absolute atomic E-state index is 0.241. The average Bonchev–Trinajstić information content (AvgIpc) is 2.46. The third-order valence-corrected chi connectivity index (χ3v) is 3.38. The number of piperazine rings is 1. The van der Waals surface area contributed by atoms with Crippen molar-refractivity contribution in [2.75, 3.05) is 50.1 Å². The van der Waals surface area contributed by atoms with Crippen LogP contribution in [0, 0.1) is 0 Å². The van der Waals surface area contributed by atoms with E-state index >= 15 is 0 Å². The second-order valence-electron chi connectivity index (χ2n) is 4.14. The van der Waals surface area contributed by atoms with E-state index in [1.165, 1.54) is 6.33 Å². The number of hydrogen-bond acceptors (Lipinski definition) is 6. The van der Waals surface area contributed by atoms with Crippen molar-refractivity contribution >= 4 is 29.0 Å². The largest absolute Gasteiger partial charge is 0.387 e. The van der Waals surface area contributed by atoms with Gasteiger partial charge in [-0.05, 0) is 0 Å². The fraction of sp³-hybridized carbons (Fsp3) is 0.545. The predicted octanol–water partition coefficient (Wildman–Crippen LogP) is -0.187. The van der Waals surface area contributed by atoms with Gasteiger partial charge in [0.15, 0.2) is 11.0 Å². The van der Waals surface area contributed by atoms with E-state index in [1.54, 1.807) is 11.9 Å². The standard InChI is InChI=1S/C11H16ClN5O2/c1-13-9-10(12)14-7-15-11(9)17-4-2-16(3-5-17)8(19)6-18/h7,13,18H,2-6H2,1H3. The molecule has 7 nitrogen and oxygen atoms in total. The molecule has 1 aromatic rings. The van der Waals surface area contributed by atoms with Gasteiger partial charge in [0.05, 0.1) is 0 Å². The first-order chi connectivity index (χ1) is 9.17. The molecule has 0 aromatic carbocycles. The van der Waals surface area contributed by atoms with E-state index in [2.05, 4.69) is 15.3 Å². The van der Waals surface area contributed by atoms with Gasteiger partial charge >= 0.3 is 0 Å². The normalized spacial score (nSPS) is 15.5. The predicted molar refractivity (Wildman–Crippen MR) is 72.5 cm³/mol. The Balaban J connectivity index is 2.10. The number of halogens is 1. The monoisotopic (exact) mass is 285 g/mol. The molecule has 0 saturated carbocycles. The smallest absolute Gasteiger partial charge is 0.248 e. The first-order valence-electron chi connectivity index (χ1n) is 5.99. The molecule has 0 unspecified atom stereocenters. The van der Waals surface area contributed by atoms with E-state index in [-0.39, 0.29) is 5.91 Å². The summed E-state index contributed by atoms with van der Waals surface area (Å²) >= 11 is 6.01. The van der Waals surface area contributed by atoms with Gasteiger partial charge in [-0.2, -0.15) is 0 Å². The Hall–Kier alpha value is -1.60. The summed E-state index contributed by atoms with van der Waals surface area (Å²) in [6.07, 6.45) is 1.42. The van der Waals surface area contributed by atoms with Crippen molar-refractivity contribution < 1.29 is 9.90 Å². The molecule has 0 aliphatic carbocycles. The van der Waals surface area contributed by atoms with Crippen LogP contribution in [-0.2, 0) is 4.79 Å². The van der Waals surface area contributed by atoms with Gasteiger partial charge < -0.3 is 20.2 Å². The fourth-order valence-corrected chi connectivity index (χ4v) is 2.30. The number of nitrogens with one attached hydrogen (secondary N) is 1. The summed E-state index contributed by atoms with van der Waals surface area (Å²) in [7, 11) is 1.76. The van der Waals surface area contributed by atoms with E-state index in [0.717, 1.165) is 5.82 Å². The maximum absolute atomic E-state index is 11.4. The zero-order chi connectivity index (χ0) is 13.8. The summed E-state index contributed by atoms with van der Waals surface area (Å²) in [5.41, 5.74) is 0.686. The number of rotatable bonds is 3. The molecule has 0 radical (unpaired) electrons. The van der Waals surface area contributed by atoms with Gasteiger partial charge in [-0.1, -0.05) is 11.6 Å². The Bertz CT molecular complexity index is 462. The van der Waals surface area contributed by atoms with Gasteiger partial charge in [0.25, 0.3) is 0 Å². The van der Waals surface area contributed by atoms with Crippen molar-refractivity contribution in [1.29, 1.82) is 0 Å². The Morgan fingerprint density at radius 2 is 2.11 bits per heavy atom. The summed E-state index contributed by atoms with van der Waals surface area (Å²) in [6, 6.07) is 0. The highest BCUT2D eigenvalue weighted by Crippen LogP contribution is 2.29. The maximum atomic E-state index is 11.4.